The first-order valence-electron chi connectivity index (χ1n) is 11.1. The number of amides is 1. The van der Waals surface area contributed by atoms with Gasteiger partial charge in [-0.2, -0.15) is 0 Å². The fourth-order valence-corrected chi connectivity index (χ4v) is 4.31. The lowest BCUT2D eigenvalue weighted by Crippen LogP contribution is -2.29. The number of aliphatic hydroxyl groups excluding tert-OH is 1. The molecule has 4 rings (SSSR count). The van der Waals surface area contributed by atoms with Crippen molar-refractivity contribution in [1.82, 2.24) is 0 Å². The number of nitrogens with zero attached hydrogens (tertiary/aromatic N) is 2. The third-order valence-electron chi connectivity index (χ3n) is 6.11. The average Bonchev–Trinajstić information content (AvgIpc) is 3.13. The van der Waals surface area contributed by atoms with Gasteiger partial charge in [-0.15, -0.1) is 0 Å². The second-order valence-electron chi connectivity index (χ2n) is 8.56. The molecule has 180 valence electrons. The fraction of sp³-hybridized carbons (Fsp3) is 0.214. The molecular formula is C28H28N2O5. The number of carbonyl (C=O) groups excluding carboxylic acids is 2. The Hall–Kier alpha value is -4.26. The summed E-state index contributed by atoms with van der Waals surface area (Å²) >= 11 is 0. The zero-order chi connectivity index (χ0) is 25.3. The van der Waals surface area contributed by atoms with E-state index in [0.717, 1.165) is 16.8 Å². The first-order valence-corrected chi connectivity index (χ1v) is 11.1. The summed E-state index contributed by atoms with van der Waals surface area (Å²) in [7, 11) is 6.85. The highest BCUT2D eigenvalue weighted by molar-refractivity contribution is 6.51. The number of hydrogen-bond acceptors (Lipinski definition) is 6. The molecule has 0 spiro atoms. The smallest absolute Gasteiger partial charge is 0.300 e. The van der Waals surface area contributed by atoms with Gasteiger partial charge >= 0.3 is 0 Å². The molecule has 7 nitrogen and oxygen atoms in total. The van der Waals surface area contributed by atoms with Crippen LogP contribution in [0, 0.1) is 6.92 Å². The van der Waals surface area contributed by atoms with Crippen molar-refractivity contribution < 1.29 is 24.2 Å². The van der Waals surface area contributed by atoms with E-state index in [1.165, 1.54) is 19.1 Å². The van der Waals surface area contributed by atoms with E-state index in [1.54, 1.807) is 30.3 Å². The molecule has 7 heteroatoms. The largest absolute Gasteiger partial charge is 0.507 e. The second-order valence-corrected chi connectivity index (χ2v) is 8.56. The van der Waals surface area contributed by atoms with Crippen LogP contribution in [0.4, 0.5) is 11.4 Å². The first-order chi connectivity index (χ1) is 16.8. The summed E-state index contributed by atoms with van der Waals surface area (Å²) in [6.07, 6.45) is 0. The number of aryl methyl sites for hydroxylation is 1. The highest BCUT2D eigenvalue weighted by Gasteiger charge is 2.47. The predicted octanol–water partition coefficient (Wildman–Crippen LogP) is 4.70. The summed E-state index contributed by atoms with van der Waals surface area (Å²) in [5.41, 5.74) is 3.51. The van der Waals surface area contributed by atoms with Gasteiger partial charge in [0.1, 0.15) is 17.3 Å². The van der Waals surface area contributed by atoms with E-state index in [-0.39, 0.29) is 11.3 Å². The van der Waals surface area contributed by atoms with E-state index in [2.05, 4.69) is 0 Å². The van der Waals surface area contributed by atoms with Gasteiger partial charge < -0.3 is 19.5 Å². The summed E-state index contributed by atoms with van der Waals surface area (Å²) in [5.74, 6) is -0.907. The van der Waals surface area contributed by atoms with Crippen molar-refractivity contribution in [2.75, 3.05) is 38.1 Å². The molecule has 0 saturated carbocycles. The van der Waals surface area contributed by atoms with Crippen LogP contribution >= 0.6 is 0 Å². The lowest BCUT2D eigenvalue weighted by molar-refractivity contribution is -0.132. The summed E-state index contributed by atoms with van der Waals surface area (Å²) in [4.78, 5) is 30.1. The molecule has 1 unspecified atom stereocenters. The number of anilines is 2. The maximum Gasteiger partial charge on any atom is 0.300 e. The van der Waals surface area contributed by atoms with Crippen molar-refractivity contribution in [1.29, 1.82) is 0 Å². The molecule has 0 bridgehead atoms. The first kappa shape index (κ1) is 23.9. The predicted molar refractivity (Wildman–Crippen MR) is 136 cm³/mol. The molecule has 0 aromatic heterocycles. The van der Waals surface area contributed by atoms with Gasteiger partial charge in [0.2, 0.25) is 0 Å². The van der Waals surface area contributed by atoms with Crippen LogP contribution in [-0.2, 0) is 9.59 Å². The molecule has 1 saturated heterocycles. The Morgan fingerprint density at radius 3 is 2.26 bits per heavy atom. The van der Waals surface area contributed by atoms with Crippen LogP contribution in [0.15, 0.2) is 72.3 Å². The minimum atomic E-state index is -0.813. The third kappa shape index (κ3) is 4.33. The van der Waals surface area contributed by atoms with Gasteiger partial charge in [0.25, 0.3) is 11.7 Å². The van der Waals surface area contributed by atoms with Crippen LogP contribution in [0.3, 0.4) is 0 Å². The molecular weight excluding hydrogens is 444 g/mol. The summed E-state index contributed by atoms with van der Waals surface area (Å²) in [6, 6.07) is 19.0. The second kappa shape index (κ2) is 9.54. The molecule has 1 atom stereocenters. The number of benzene rings is 3. The van der Waals surface area contributed by atoms with E-state index >= 15 is 0 Å². The molecule has 1 N–H and O–H groups in total. The van der Waals surface area contributed by atoms with Gasteiger partial charge in [-0.3, -0.25) is 14.5 Å². The SMILES string of the molecule is COc1ccc(/C(O)=C2/C(=O)C(=O)N(c3ccc(N(C)C)cc3)C2c2cccc(C)c2)c(OC)c1. The van der Waals surface area contributed by atoms with E-state index in [0.29, 0.717) is 22.7 Å². The van der Waals surface area contributed by atoms with Gasteiger partial charge in [0.05, 0.1) is 31.4 Å². The normalized spacial score (nSPS) is 16.9. The van der Waals surface area contributed by atoms with Crippen molar-refractivity contribution in [3.63, 3.8) is 0 Å². The van der Waals surface area contributed by atoms with E-state index in [1.807, 2.05) is 62.3 Å². The van der Waals surface area contributed by atoms with Crippen LogP contribution < -0.4 is 19.3 Å². The van der Waals surface area contributed by atoms with Crippen molar-refractivity contribution >= 4 is 28.8 Å². The highest BCUT2D eigenvalue weighted by atomic mass is 16.5. The molecule has 3 aromatic rings. The van der Waals surface area contributed by atoms with Crippen LogP contribution in [-0.4, -0.2) is 45.1 Å². The quantitative estimate of drug-likeness (QED) is 0.318. The lowest BCUT2D eigenvalue weighted by Gasteiger charge is -2.26. The maximum absolute atomic E-state index is 13.4. The number of ketones is 1. The van der Waals surface area contributed by atoms with Gasteiger partial charge in [0, 0.05) is 31.5 Å². The van der Waals surface area contributed by atoms with E-state index < -0.39 is 17.7 Å². The van der Waals surface area contributed by atoms with Gasteiger partial charge in [-0.25, -0.2) is 0 Å². The van der Waals surface area contributed by atoms with Crippen molar-refractivity contribution in [2.24, 2.45) is 0 Å². The Kier molecular flexibility index (Phi) is 6.51. The van der Waals surface area contributed by atoms with Crippen LogP contribution in [0.5, 0.6) is 11.5 Å². The molecule has 35 heavy (non-hydrogen) atoms. The van der Waals surface area contributed by atoms with Gasteiger partial charge in [0.15, 0.2) is 0 Å². The zero-order valence-electron chi connectivity index (χ0n) is 20.4. The Morgan fingerprint density at radius 2 is 1.66 bits per heavy atom. The maximum atomic E-state index is 13.4. The molecule has 0 radical (unpaired) electrons. The number of Topliss-reactive ketones (excluding diaryl/α,β-unsaturated/α-hetero) is 1. The molecule has 3 aromatic carbocycles. The van der Waals surface area contributed by atoms with Gasteiger partial charge in [-0.05, 0) is 48.9 Å². The fourth-order valence-electron chi connectivity index (χ4n) is 4.31. The highest BCUT2D eigenvalue weighted by Crippen LogP contribution is 2.44. The minimum absolute atomic E-state index is 0.000697. The topological polar surface area (TPSA) is 79.3 Å². The molecule has 1 heterocycles. The number of ether oxygens (including phenoxy) is 2. The number of aliphatic hydroxyl groups is 1. The molecule has 1 aliphatic rings. The Bertz CT molecular complexity index is 1310. The monoisotopic (exact) mass is 472 g/mol. The molecule has 1 aliphatic heterocycles. The van der Waals surface area contributed by atoms with Crippen LogP contribution in [0.2, 0.25) is 0 Å². The third-order valence-corrected chi connectivity index (χ3v) is 6.11. The number of methoxy groups -OCH3 is 2. The molecule has 0 aliphatic carbocycles. The van der Waals surface area contributed by atoms with Crippen LogP contribution in [0.25, 0.3) is 5.76 Å². The summed E-state index contributed by atoms with van der Waals surface area (Å²) in [5, 5.41) is 11.4. The number of carbonyl (C=O) groups is 2. The zero-order valence-corrected chi connectivity index (χ0v) is 20.4. The Morgan fingerprint density at radius 1 is 0.943 bits per heavy atom. The summed E-state index contributed by atoms with van der Waals surface area (Å²) in [6.45, 7) is 1.94. The Balaban J connectivity index is 1.94. The number of hydrogen-bond donors (Lipinski definition) is 1. The van der Waals surface area contributed by atoms with Gasteiger partial charge in [-0.1, -0.05) is 29.8 Å². The van der Waals surface area contributed by atoms with Crippen molar-refractivity contribution in [3.8, 4) is 11.5 Å². The Labute approximate surface area is 204 Å². The van der Waals surface area contributed by atoms with E-state index in [9.17, 15) is 14.7 Å². The van der Waals surface area contributed by atoms with Crippen molar-refractivity contribution in [3.05, 3.63) is 89.0 Å². The standard InChI is InChI=1S/C28H28N2O5/c1-17-7-6-8-18(15-17)25-24(26(31)22-14-13-21(34-4)16-23(22)35-5)27(32)28(33)30(25)20-11-9-19(10-12-20)29(2)3/h6-16,25,31H,1-5H3/b26-24-. The number of rotatable bonds is 6. The lowest BCUT2D eigenvalue weighted by atomic mass is 9.94. The summed E-state index contributed by atoms with van der Waals surface area (Å²) < 4.78 is 10.7. The minimum Gasteiger partial charge on any atom is -0.507 e. The van der Waals surface area contributed by atoms with Crippen molar-refractivity contribution in [2.45, 2.75) is 13.0 Å². The molecule has 1 amide bonds. The van der Waals surface area contributed by atoms with Crippen LogP contribution in [0.1, 0.15) is 22.7 Å². The average molecular weight is 473 g/mol. The van der Waals surface area contributed by atoms with E-state index in [4.69, 9.17) is 9.47 Å². The molecule has 1 fully saturated rings.